The number of benzene rings is 2. The molecule has 2 aromatic carbocycles. The Morgan fingerprint density at radius 2 is 1.85 bits per heavy atom. The average Bonchev–Trinajstić information content (AvgIpc) is 3.68. The molecule has 4 rings (SSSR count). The fraction of sp³-hybridized carbons (Fsp3) is 0.296. The molecule has 1 aromatic heterocycles. The zero-order valence-electron chi connectivity index (χ0n) is 21.5. The number of carbonyl (C=O) groups excluding carboxylic acids is 4. The molecule has 0 bridgehead atoms. The molecule has 40 heavy (non-hydrogen) atoms. The van der Waals surface area contributed by atoms with E-state index in [0.29, 0.717) is 22.2 Å². The Hall–Kier alpha value is -4.45. The Morgan fingerprint density at radius 3 is 2.52 bits per heavy atom. The number of nitrogens with one attached hydrogen (secondary N) is 3. The van der Waals surface area contributed by atoms with Crippen molar-refractivity contribution in [3.8, 4) is 0 Å². The van der Waals surface area contributed by atoms with E-state index in [2.05, 4.69) is 10.6 Å². The number of carboxylic acid groups (broad SMARTS) is 1. The molecule has 13 heteroatoms. The number of anilines is 1. The summed E-state index contributed by atoms with van der Waals surface area (Å²) in [6, 6.07) is 9.21. The van der Waals surface area contributed by atoms with E-state index in [1.54, 1.807) is 35.0 Å². The van der Waals surface area contributed by atoms with Gasteiger partial charge in [0.25, 0.3) is 0 Å². The lowest BCUT2D eigenvalue weighted by Crippen LogP contribution is -2.43. The number of Topliss-reactive ketones (excluding diaryl/α,β-unsaturated/α-hetero) is 1. The van der Waals surface area contributed by atoms with Crippen molar-refractivity contribution in [2.24, 2.45) is 0 Å². The zero-order valence-corrected chi connectivity index (χ0v) is 22.3. The van der Waals surface area contributed by atoms with Crippen LogP contribution in [-0.4, -0.2) is 63.3 Å². The monoisotopic (exact) mass is 571 g/mol. The van der Waals surface area contributed by atoms with Gasteiger partial charge in [-0.25, -0.2) is 9.18 Å². The van der Waals surface area contributed by atoms with E-state index in [0.717, 1.165) is 12.8 Å². The minimum atomic E-state index is -1.33. The van der Waals surface area contributed by atoms with Gasteiger partial charge < -0.3 is 30.5 Å². The van der Waals surface area contributed by atoms with E-state index >= 15 is 0 Å². The Balaban J connectivity index is 1.46. The molecule has 0 saturated heterocycles. The van der Waals surface area contributed by atoms with Gasteiger partial charge in [-0.3, -0.25) is 19.2 Å². The first kappa shape index (κ1) is 28.6. The summed E-state index contributed by atoms with van der Waals surface area (Å²) in [4.78, 5) is 62.4. The van der Waals surface area contributed by atoms with Gasteiger partial charge in [-0.1, -0.05) is 23.7 Å². The van der Waals surface area contributed by atoms with Gasteiger partial charge in [0, 0.05) is 46.5 Å². The fourth-order valence-corrected chi connectivity index (χ4v) is 4.47. The summed E-state index contributed by atoms with van der Waals surface area (Å²) < 4.78 is 15.8. The van der Waals surface area contributed by atoms with Gasteiger partial charge in [0.05, 0.1) is 11.6 Å². The van der Waals surface area contributed by atoms with Crippen LogP contribution in [0.25, 0.3) is 10.9 Å². The summed E-state index contributed by atoms with van der Waals surface area (Å²) in [6.45, 7) is 0.525. The molecule has 1 aliphatic rings. The highest BCUT2D eigenvalue weighted by Gasteiger charge is 2.34. The van der Waals surface area contributed by atoms with Crippen molar-refractivity contribution in [2.45, 2.75) is 38.9 Å². The lowest BCUT2D eigenvalue weighted by atomic mass is 10.1. The highest BCUT2D eigenvalue weighted by molar-refractivity contribution is 6.30. The molecule has 0 aliphatic heterocycles. The number of halogens is 2. The van der Waals surface area contributed by atoms with Crippen molar-refractivity contribution in [3.63, 3.8) is 0 Å². The molecule has 4 amide bonds. The molecule has 3 aromatic rings. The van der Waals surface area contributed by atoms with Gasteiger partial charge in [-0.05, 0) is 44.0 Å². The lowest BCUT2D eigenvalue weighted by Gasteiger charge is -2.22. The van der Waals surface area contributed by atoms with Gasteiger partial charge in [0.15, 0.2) is 5.78 Å². The van der Waals surface area contributed by atoms with Crippen molar-refractivity contribution in [3.05, 3.63) is 64.6 Å². The van der Waals surface area contributed by atoms with Crippen LogP contribution in [0.5, 0.6) is 0 Å². The second-order valence-electron chi connectivity index (χ2n) is 9.41. The van der Waals surface area contributed by atoms with E-state index in [-0.39, 0.29) is 48.0 Å². The third-order valence-electron chi connectivity index (χ3n) is 6.38. The van der Waals surface area contributed by atoms with E-state index in [4.69, 9.17) is 16.7 Å². The SMILES string of the molecule is CC(=O)c1cn(CC(=O)N(CC(=O)NCc2cccc(Cl)c2F)C2CC2)c2ccc(NC(=O)CNC(=O)O)cc12. The molecule has 0 radical (unpaired) electrons. The van der Waals surface area contributed by atoms with Crippen LogP contribution in [0, 0.1) is 5.82 Å². The van der Waals surface area contributed by atoms with Crippen LogP contribution in [0.3, 0.4) is 0 Å². The summed E-state index contributed by atoms with van der Waals surface area (Å²) in [5.41, 5.74) is 1.48. The number of rotatable bonds is 11. The van der Waals surface area contributed by atoms with Gasteiger partial charge in [0.2, 0.25) is 17.7 Å². The number of amides is 4. The topological polar surface area (TPSA) is 150 Å². The summed E-state index contributed by atoms with van der Waals surface area (Å²) >= 11 is 5.79. The van der Waals surface area contributed by atoms with Crippen molar-refractivity contribution in [2.75, 3.05) is 18.4 Å². The van der Waals surface area contributed by atoms with E-state index in [1.807, 2.05) is 5.32 Å². The molecule has 1 aliphatic carbocycles. The number of aromatic nitrogens is 1. The molecule has 1 fully saturated rings. The summed E-state index contributed by atoms with van der Waals surface area (Å²) in [5.74, 6) is -2.22. The van der Waals surface area contributed by atoms with E-state index < -0.39 is 30.3 Å². The van der Waals surface area contributed by atoms with Gasteiger partial charge in [-0.15, -0.1) is 0 Å². The Kier molecular flexibility index (Phi) is 8.68. The fourth-order valence-electron chi connectivity index (χ4n) is 4.28. The maximum absolute atomic E-state index is 14.1. The molecule has 1 saturated carbocycles. The van der Waals surface area contributed by atoms with E-state index in [9.17, 15) is 28.4 Å². The van der Waals surface area contributed by atoms with Crippen LogP contribution in [0.15, 0.2) is 42.6 Å². The number of fused-ring (bicyclic) bond motifs is 1. The number of hydrogen-bond acceptors (Lipinski definition) is 5. The predicted octanol–water partition coefficient (Wildman–Crippen LogP) is 3.15. The van der Waals surface area contributed by atoms with Crippen LogP contribution >= 0.6 is 11.6 Å². The van der Waals surface area contributed by atoms with Crippen LogP contribution in [0.2, 0.25) is 5.02 Å². The van der Waals surface area contributed by atoms with Gasteiger partial charge in [0.1, 0.15) is 18.9 Å². The number of nitrogens with zero attached hydrogens (tertiary/aromatic N) is 2. The Bertz CT molecular complexity index is 1500. The average molecular weight is 572 g/mol. The second kappa shape index (κ2) is 12.2. The standard InChI is InChI=1S/C27H27ClFN5O6/c1-15(35)20-12-33(22-8-5-17(9-19(20)22)32-23(36)11-31-27(39)40)14-25(38)34(18-6-7-18)13-24(37)30-10-16-3-2-4-21(28)26(16)29/h2-5,8-9,12,18,31H,6-7,10-11,13-14H2,1H3,(H,30,37)(H,32,36)(H,39,40). The number of ketones is 1. The first-order valence-electron chi connectivity index (χ1n) is 12.4. The molecule has 4 N–H and O–H groups in total. The predicted molar refractivity (Wildman–Crippen MR) is 145 cm³/mol. The highest BCUT2D eigenvalue weighted by atomic mass is 35.5. The zero-order chi connectivity index (χ0) is 29.0. The first-order valence-corrected chi connectivity index (χ1v) is 12.8. The minimum absolute atomic E-state index is 0.0462. The van der Waals surface area contributed by atoms with Crippen molar-refractivity contribution >= 4 is 57.8 Å². The largest absolute Gasteiger partial charge is 0.465 e. The molecule has 0 unspecified atom stereocenters. The molecular weight excluding hydrogens is 545 g/mol. The lowest BCUT2D eigenvalue weighted by molar-refractivity contribution is -0.137. The minimum Gasteiger partial charge on any atom is -0.465 e. The first-order chi connectivity index (χ1) is 19.0. The second-order valence-corrected chi connectivity index (χ2v) is 9.82. The van der Waals surface area contributed by atoms with Crippen LogP contribution in [-0.2, 0) is 27.5 Å². The smallest absolute Gasteiger partial charge is 0.405 e. The molecular formula is C27H27ClFN5O6. The molecule has 11 nitrogen and oxygen atoms in total. The summed E-state index contributed by atoms with van der Waals surface area (Å²) in [6.07, 6.45) is 1.73. The molecule has 210 valence electrons. The van der Waals surface area contributed by atoms with Gasteiger partial charge >= 0.3 is 6.09 Å². The maximum Gasteiger partial charge on any atom is 0.405 e. The van der Waals surface area contributed by atoms with Crippen LogP contribution in [0.1, 0.15) is 35.7 Å². The van der Waals surface area contributed by atoms with Crippen LogP contribution in [0.4, 0.5) is 14.9 Å². The van der Waals surface area contributed by atoms with E-state index in [1.165, 1.54) is 24.0 Å². The molecule has 1 heterocycles. The summed E-state index contributed by atoms with van der Waals surface area (Å²) in [7, 11) is 0. The molecule has 0 atom stereocenters. The Morgan fingerprint density at radius 1 is 1.10 bits per heavy atom. The van der Waals surface area contributed by atoms with Crippen molar-refractivity contribution in [1.29, 1.82) is 0 Å². The van der Waals surface area contributed by atoms with Crippen molar-refractivity contribution in [1.82, 2.24) is 20.1 Å². The highest BCUT2D eigenvalue weighted by Crippen LogP contribution is 2.29. The summed E-state index contributed by atoms with van der Waals surface area (Å²) in [5, 5.41) is 16.3. The van der Waals surface area contributed by atoms with Crippen molar-refractivity contribution < 1.29 is 33.5 Å². The molecule has 0 spiro atoms. The number of carbonyl (C=O) groups is 5. The number of hydrogen-bond donors (Lipinski definition) is 4. The maximum atomic E-state index is 14.1. The van der Waals surface area contributed by atoms with Gasteiger partial charge in [-0.2, -0.15) is 0 Å². The third kappa shape index (κ3) is 6.94. The third-order valence-corrected chi connectivity index (χ3v) is 6.67. The normalized spacial score (nSPS) is 12.6. The van der Waals surface area contributed by atoms with Crippen LogP contribution < -0.4 is 16.0 Å². The quantitative estimate of drug-likeness (QED) is 0.260. The Labute approximate surface area is 233 Å².